The smallest absolute Gasteiger partial charge is 0.327 e. The molecule has 1 aliphatic heterocycles. The van der Waals surface area contributed by atoms with Gasteiger partial charge in [-0.3, -0.25) is 38.4 Å². The monoisotopic (exact) mass is 902 g/mol. The van der Waals surface area contributed by atoms with Crippen molar-refractivity contribution in [2.75, 3.05) is 17.3 Å². The van der Waals surface area contributed by atoms with E-state index in [9.17, 15) is 53.4 Å². The molecule has 7 atom stereocenters. The molecule has 0 radical (unpaired) electrons. The van der Waals surface area contributed by atoms with E-state index in [0.717, 1.165) is 11.8 Å². The van der Waals surface area contributed by atoms with Gasteiger partial charge in [0.05, 0.1) is 12.5 Å². The van der Waals surface area contributed by atoms with Gasteiger partial charge in [-0.25, -0.2) is 4.79 Å². The first kappa shape index (κ1) is 50.5. The summed E-state index contributed by atoms with van der Waals surface area (Å²) in [5.74, 6) is -8.83. The number of rotatable bonds is 15. The fraction of sp³-hybridized carbons (Fsp3) is 0.475. The van der Waals surface area contributed by atoms with Gasteiger partial charge in [-0.1, -0.05) is 48.9 Å². The molecule has 0 bridgehead atoms. The third-order valence-corrected chi connectivity index (χ3v) is 12.3. The van der Waals surface area contributed by atoms with Gasteiger partial charge in [0.1, 0.15) is 36.0 Å². The highest BCUT2D eigenvalue weighted by Crippen LogP contribution is 2.24. The molecule has 20 nitrogen and oxygen atoms in total. The summed E-state index contributed by atoms with van der Waals surface area (Å²) in [6.07, 6.45) is -0.631. The van der Waals surface area contributed by atoms with E-state index < -0.39 is 109 Å². The van der Waals surface area contributed by atoms with Crippen molar-refractivity contribution in [2.24, 2.45) is 17.2 Å². The van der Waals surface area contributed by atoms with Gasteiger partial charge in [0.2, 0.25) is 41.4 Å². The van der Waals surface area contributed by atoms with Gasteiger partial charge in [0.15, 0.2) is 0 Å². The number of nitrogens with two attached hydrogens (primary N) is 3. The maximum atomic E-state index is 14.2. The Balaban J connectivity index is 2.08. The van der Waals surface area contributed by atoms with Crippen LogP contribution >= 0.6 is 23.5 Å². The summed E-state index contributed by atoms with van der Waals surface area (Å²) in [6, 6.07) is 5.57. The molecular formula is C40H54N8O12S2. The van der Waals surface area contributed by atoms with Crippen molar-refractivity contribution in [2.45, 2.75) is 99.3 Å². The summed E-state index contributed by atoms with van der Waals surface area (Å²) in [7, 11) is 0. The number of carbonyl (C=O) groups is 9. The van der Waals surface area contributed by atoms with E-state index in [1.807, 2.05) is 0 Å². The highest BCUT2D eigenvalue weighted by Gasteiger charge is 2.34. The number of unbranched alkanes of at least 4 members (excludes halogenated alkanes) is 1. The first-order valence-electron chi connectivity index (χ1n) is 19.7. The minimum atomic E-state index is -1.72. The van der Waals surface area contributed by atoms with E-state index in [4.69, 9.17) is 22.3 Å². The maximum Gasteiger partial charge on any atom is 0.327 e. The first-order valence-corrected chi connectivity index (χ1v) is 21.9. The zero-order chi connectivity index (χ0) is 45.8. The number of amides is 7. The molecule has 2 aromatic carbocycles. The molecule has 0 aromatic heterocycles. The Morgan fingerprint density at radius 2 is 1.16 bits per heavy atom. The Labute approximate surface area is 366 Å². The number of nitrogens with one attached hydrogen (secondary N) is 5. The van der Waals surface area contributed by atoms with Crippen molar-refractivity contribution in [3.8, 4) is 5.75 Å². The second-order valence-corrected chi connectivity index (χ2v) is 17.0. The number of benzene rings is 2. The molecule has 1 fully saturated rings. The molecule has 0 aliphatic carbocycles. The number of thioether (sulfide) groups is 2. The summed E-state index contributed by atoms with van der Waals surface area (Å²) in [5.41, 5.74) is 18.2. The highest BCUT2D eigenvalue weighted by atomic mass is 32.2. The van der Waals surface area contributed by atoms with Crippen LogP contribution < -0.4 is 43.8 Å². The molecule has 22 heteroatoms. The number of carbonyl (C=O) groups excluding carboxylic acids is 7. The number of primary amides is 2. The fourth-order valence-electron chi connectivity index (χ4n) is 6.14. The van der Waals surface area contributed by atoms with Gasteiger partial charge >= 0.3 is 11.9 Å². The van der Waals surface area contributed by atoms with Crippen molar-refractivity contribution in [3.05, 3.63) is 65.7 Å². The van der Waals surface area contributed by atoms with Gasteiger partial charge in [-0.2, -0.15) is 23.5 Å². The van der Waals surface area contributed by atoms with Crippen molar-refractivity contribution in [1.82, 2.24) is 26.6 Å². The number of aromatic hydroxyl groups is 1. The standard InChI is InChI=1S/C40H54N8O12S2/c41-26-20-62-25(8-4-5-9-34(52)53)19-61-21-31(40(59)60)48-39(58)30(18-33(43)51)47-36(55)27(14-15-32(42)50)44-37(56)29(16-22-6-2-1-3-7-22)46-38(57)28(45-35(26)54)17-23-10-12-24(49)13-11-23/h1-3,6-7,10-13,25-31,49H,4-5,8-9,14-21,41H2,(H2,42,50)(H2,43,51)(H,44,56)(H,45,54)(H,46,57)(H,47,55)(H,48,58)(H,52,53)(H,59,60)/t25?,26-,27-,28-,29-,30-,31-/m0/s1. The molecule has 1 aliphatic rings. The van der Waals surface area contributed by atoms with Crippen molar-refractivity contribution in [3.63, 3.8) is 0 Å². The Hall–Kier alpha value is -5.87. The minimum Gasteiger partial charge on any atom is -0.508 e. The molecule has 62 heavy (non-hydrogen) atoms. The van der Waals surface area contributed by atoms with Gasteiger partial charge < -0.3 is 59.1 Å². The zero-order valence-corrected chi connectivity index (χ0v) is 35.4. The molecule has 14 N–H and O–H groups in total. The number of phenolic OH excluding ortho intramolecular Hbond substituents is 1. The second kappa shape index (κ2) is 25.8. The lowest BCUT2D eigenvalue weighted by molar-refractivity contribution is -0.142. The van der Waals surface area contributed by atoms with Gasteiger partial charge in [0, 0.05) is 48.2 Å². The number of phenols is 1. The molecule has 0 spiro atoms. The van der Waals surface area contributed by atoms with Crippen LogP contribution in [0.4, 0.5) is 0 Å². The average Bonchev–Trinajstić information content (AvgIpc) is 3.21. The third-order valence-electron chi connectivity index (χ3n) is 9.49. The minimum absolute atomic E-state index is 0.0306. The quantitative estimate of drug-likeness (QED) is 0.0921. The van der Waals surface area contributed by atoms with Gasteiger partial charge in [0.25, 0.3) is 0 Å². The summed E-state index contributed by atoms with van der Waals surface area (Å²) in [4.78, 5) is 117. The largest absolute Gasteiger partial charge is 0.508 e. The Kier molecular flexibility index (Phi) is 21.0. The summed E-state index contributed by atoms with van der Waals surface area (Å²) >= 11 is 2.42. The topological polar surface area (TPSA) is 353 Å². The molecule has 2 aromatic rings. The lowest BCUT2D eigenvalue weighted by Gasteiger charge is -2.27. The van der Waals surface area contributed by atoms with Crippen molar-refractivity contribution in [1.29, 1.82) is 0 Å². The summed E-state index contributed by atoms with van der Waals surface area (Å²) in [6.45, 7) is 0. The van der Waals surface area contributed by atoms with Crippen molar-refractivity contribution >= 4 is 76.8 Å². The van der Waals surface area contributed by atoms with Crippen LogP contribution in [0.5, 0.6) is 5.75 Å². The number of carboxylic acid groups (broad SMARTS) is 2. The Morgan fingerprint density at radius 1 is 0.613 bits per heavy atom. The zero-order valence-electron chi connectivity index (χ0n) is 33.8. The number of carboxylic acids is 2. The lowest BCUT2D eigenvalue weighted by atomic mass is 10.0. The van der Waals surface area contributed by atoms with E-state index in [1.54, 1.807) is 30.3 Å². The van der Waals surface area contributed by atoms with Crippen LogP contribution in [-0.4, -0.2) is 127 Å². The van der Waals surface area contributed by atoms with Crippen LogP contribution in [0.3, 0.4) is 0 Å². The first-order chi connectivity index (χ1) is 29.4. The van der Waals surface area contributed by atoms with Gasteiger partial charge in [-0.15, -0.1) is 0 Å². The highest BCUT2D eigenvalue weighted by molar-refractivity contribution is 8.03. The molecule has 1 saturated heterocycles. The summed E-state index contributed by atoms with van der Waals surface area (Å²) < 4.78 is 0. The van der Waals surface area contributed by atoms with E-state index in [0.29, 0.717) is 30.4 Å². The molecule has 1 heterocycles. The lowest BCUT2D eigenvalue weighted by Crippen LogP contribution is -2.60. The van der Waals surface area contributed by atoms with Crippen LogP contribution in [0.2, 0.25) is 0 Å². The van der Waals surface area contributed by atoms with Crippen molar-refractivity contribution < 1.29 is 58.5 Å². The van der Waals surface area contributed by atoms with Crippen LogP contribution in [-0.2, 0) is 56.0 Å². The van der Waals surface area contributed by atoms with E-state index >= 15 is 0 Å². The van der Waals surface area contributed by atoms with Crippen LogP contribution in [0.15, 0.2) is 54.6 Å². The average molecular weight is 903 g/mol. The van der Waals surface area contributed by atoms with Gasteiger partial charge in [-0.05, 0) is 42.5 Å². The second-order valence-electron chi connectivity index (χ2n) is 14.6. The Morgan fingerprint density at radius 3 is 1.74 bits per heavy atom. The third kappa shape index (κ3) is 18.4. The molecule has 0 saturated carbocycles. The predicted octanol–water partition coefficient (Wildman–Crippen LogP) is -1.35. The van der Waals surface area contributed by atoms with Crippen LogP contribution in [0.25, 0.3) is 0 Å². The number of aliphatic carboxylic acids is 2. The summed E-state index contributed by atoms with van der Waals surface area (Å²) in [5, 5.41) is 41.2. The van der Waals surface area contributed by atoms with E-state index in [1.165, 1.54) is 36.0 Å². The normalized spacial score (nSPS) is 23.8. The maximum absolute atomic E-state index is 14.2. The molecule has 7 amide bonds. The molecule has 338 valence electrons. The van der Waals surface area contributed by atoms with E-state index in [2.05, 4.69) is 26.6 Å². The molecule has 3 rings (SSSR count). The number of hydrogen-bond donors (Lipinski definition) is 11. The van der Waals surface area contributed by atoms with Crippen LogP contribution in [0, 0.1) is 0 Å². The van der Waals surface area contributed by atoms with Crippen LogP contribution in [0.1, 0.15) is 56.1 Å². The molecule has 1 unspecified atom stereocenters. The molecular weight excluding hydrogens is 849 g/mol. The predicted molar refractivity (Wildman–Crippen MR) is 229 cm³/mol. The van der Waals surface area contributed by atoms with E-state index in [-0.39, 0.29) is 47.5 Å². The Bertz CT molecular complexity index is 1890. The number of hydrogen-bond acceptors (Lipinski definition) is 13. The SMILES string of the molecule is NC(=O)CC[C@@H]1NC(=O)[C@H](Cc2ccccc2)NC(=O)[C@H](Cc2ccc(O)cc2)NC(=O)[C@@H](N)CSC(CCCCC(=O)O)CSC[C@@H](C(=O)O)NC(=O)[C@H](CC(N)=O)NC1=O. The fourth-order valence-corrected chi connectivity index (χ4v) is 8.81.